The zero-order valence-corrected chi connectivity index (χ0v) is 15.4. The van der Waals surface area contributed by atoms with Crippen molar-refractivity contribution in [2.75, 3.05) is 0 Å². The highest BCUT2D eigenvalue weighted by Gasteiger charge is 2.20. The smallest absolute Gasteiger partial charge is 0.412 e. The van der Waals surface area contributed by atoms with Crippen LogP contribution >= 0.6 is 0 Å². The van der Waals surface area contributed by atoms with Crippen LogP contribution in [-0.4, -0.2) is 23.3 Å². The molecule has 5 heteroatoms. The van der Waals surface area contributed by atoms with E-state index in [1.54, 1.807) is 6.92 Å². The van der Waals surface area contributed by atoms with E-state index in [2.05, 4.69) is 18.5 Å². The van der Waals surface area contributed by atoms with Crippen molar-refractivity contribution in [1.29, 1.82) is 0 Å². The van der Waals surface area contributed by atoms with E-state index in [-0.39, 0.29) is 5.76 Å². The molecule has 2 atom stereocenters. The minimum absolute atomic E-state index is 0.277. The fourth-order valence-corrected chi connectivity index (χ4v) is 2.48. The average Bonchev–Trinajstić information content (AvgIpc) is 2.66. The molecule has 2 aromatic rings. The molecule has 0 heterocycles. The highest BCUT2D eigenvalue weighted by Crippen LogP contribution is 2.16. The lowest BCUT2D eigenvalue weighted by atomic mass is 10.0. The van der Waals surface area contributed by atoms with Crippen LogP contribution in [0.25, 0.3) is 0 Å². The molecular formula is C22H25NO4. The number of aliphatic hydroxyl groups excluding tert-OH is 1. The van der Waals surface area contributed by atoms with Crippen LogP contribution in [-0.2, 0) is 17.8 Å². The predicted molar refractivity (Wildman–Crippen MR) is 105 cm³/mol. The first-order valence-corrected chi connectivity index (χ1v) is 8.68. The molecule has 2 rings (SSSR count). The summed E-state index contributed by atoms with van der Waals surface area (Å²) in [6.07, 6.45) is 0.230. The summed E-state index contributed by atoms with van der Waals surface area (Å²) >= 11 is 0. The molecule has 2 N–H and O–H groups in total. The van der Waals surface area contributed by atoms with Crippen molar-refractivity contribution in [1.82, 2.24) is 5.32 Å². The summed E-state index contributed by atoms with van der Waals surface area (Å²) in [6.45, 7) is 9.17. The third kappa shape index (κ3) is 6.99. The van der Waals surface area contributed by atoms with Crippen molar-refractivity contribution in [2.45, 2.75) is 32.1 Å². The van der Waals surface area contributed by atoms with Crippen molar-refractivity contribution in [3.05, 3.63) is 90.7 Å². The van der Waals surface area contributed by atoms with Gasteiger partial charge in [0.2, 0.25) is 0 Å². The number of allylic oxidation sites excluding steroid dienone is 1. The van der Waals surface area contributed by atoms with Crippen LogP contribution in [0.1, 0.15) is 18.1 Å². The summed E-state index contributed by atoms with van der Waals surface area (Å²) in [6, 6.07) is 16.9. The largest absolute Gasteiger partial charge is 0.489 e. The van der Waals surface area contributed by atoms with E-state index in [0.717, 1.165) is 16.9 Å². The van der Waals surface area contributed by atoms with Gasteiger partial charge < -0.3 is 19.9 Å². The molecule has 0 fully saturated rings. The predicted octanol–water partition coefficient (Wildman–Crippen LogP) is 3.98. The van der Waals surface area contributed by atoms with E-state index in [4.69, 9.17) is 9.47 Å². The molecular weight excluding hydrogens is 342 g/mol. The second kappa shape index (κ2) is 10.2. The molecule has 0 bridgehead atoms. The number of ether oxygens (including phenoxy) is 2. The maximum absolute atomic E-state index is 11.8. The number of hydrogen-bond donors (Lipinski definition) is 2. The first-order valence-electron chi connectivity index (χ1n) is 8.68. The standard InChI is InChI=1S/C22H25NO4/c1-4-21(24)20(23-22(25)27-16(2)3)14-17-10-12-19(13-11-17)26-15-18-8-6-5-7-9-18/h4-13,20-21,24H,1-2,14-15H2,3H3,(H,23,25). The Kier molecular flexibility index (Phi) is 7.64. The molecule has 0 spiro atoms. The van der Waals surface area contributed by atoms with Gasteiger partial charge in [0.1, 0.15) is 12.4 Å². The summed E-state index contributed by atoms with van der Waals surface area (Å²) in [4.78, 5) is 11.8. The number of benzene rings is 2. The lowest BCUT2D eigenvalue weighted by Gasteiger charge is -2.22. The van der Waals surface area contributed by atoms with Gasteiger partial charge in [0.25, 0.3) is 0 Å². The fourth-order valence-electron chi connectivity index (χ4n) is 2.48. The summed E-state index contributed by atoms with van der Waals surface area (Å²) < 4.78 is 10.7. The monoisotopic (exact) mass is 367 g/mol. The summed E-state index contributed by atoms with van der Waals surface area (Å²) in [5.74, 6) is 1.03. The molecule has 5 nitrogen and oxygen atoms in total. The molecule has 0 aromatic heterocycles. The van der Waals surface area contributed by atoms with Crippen LogP contribution in [0.3, 0.4) is 0 Å². The van der Waals surface area contributed by atoms with Gasteiger partial charge in [-0.25, -0.2) is 4.79 Å². The van der Waals surface area contributed by atoms with Crippen molar-refractivity contribution in [2.24, 2.45) is 0 Å². The van der Waals surface area contributed by atoms with Crippen LogP contribution in [0.2, 0.25) is 0 Å². The van der Waals surface area contributed by atoms with E-state index < -0.39 is 18.2 Å². The maximum atomic E-state index is 11.8. The molecule has 2 aromatic carbocycles. The number of rotatable bonds is 9. The quantitative estimate of drug-likeness (QED) is 0.520. The molecule has 0 aliphatic carbocycles. The van der Waals surface area contributed by atoms with E-state index >= 15 is 0 Å². The van der Waals surface area contributed by atoms with Gasteiger partial charge in [0.05, 0.1) is 17.9 Å². The van der Waals surface area contributed by atoms with Crippen LogP contribution in [0.5, 0.6) is 5.75 Å². The first kappa shape index (κ1) is 20.3. The van der Waals surface area contributed by atoms with Gasteiger partial charge in [-0.3, -0.25) is 0 Å². The summed E-state index contributed by atoms with van der Waals surface area (Å²) in [5.41, 5.74) is 2.03. The van der Waals surface area contributed by atoms with Crippen LogP contribution in [0, 0.1) is 0 Å². The number of hydrogen-bond acceptors (Lipinski definition) is 4. The molecule has 0 radical (unpaired) electrons. The van der Waals surface area contributed by atoms with Crippen LogP contribution < -0.4 is 10.1 Å². The van der Waals surface area contributed by atoms with Gasteiger partial charge in [0.15, 0.2) is 0 Å². The third-order valence-corrected chi connectivity index (χ3v) is 3.85. The Bertz CT molecular complexity index is 756. The summed E-state index contributed by atoms with van der Waals surface area (Å²) in [5, 5.41) is 12.7. The summed E-state index contributed by atoms with van der Waals surface area (Å²) in [7, 11) is 0. The minimum atomic E-state index is -0.906. The molecule has 0 saturated carbocycles. The van der Waals surface area contributed by atoms with Crippen LogP contribution in [0.15, 0.2) is 79.6 Å². The van der Waals surface area contributed by atoms with Crippen molar-refractivity contribution >= 4 is 6.09 Å². The molecule has 0 aliphatic rings. The second-order valence-corrected chi connectivity index (χ2v) is 6.19. The normalized spacial score (nSPS) is 12.5. The van der Waals surface area contributed by atoms with Crippen LogP contribution in [0.4, 0.5) is 4.79 Å². The van der Waals surface area contributed by atoms with Gasteiger partial charge >= 0.3 is 6.09 Å². The SMILES string of the molecule is C=CC(O)C(Cc1ccc(OCc2ccccc2)cc1)NC(=O)OC(=C)C. The molecule has 142 valence electrons. The number of alkyl carbamates (subject to hydrolysis) is 1. The van der Waals surface area contributed by atoms with E-state index in [1.807, 2.05) is 54.6 Å². The number of nitrogens with one attached hydrogen (secondary N) is 1. The third-order valence-electron chi connectivity index (χ3n) is 3.85. The van der Waals surface area contributed by atoms with Gasteiger partial charge in [-0.05, 0) is 36.6 Å². The number of carbonyl (C=O) groups is 1. The maximum Gasteiger partial charge on any atom is 0.412 e. The molecule has 0 saturated heterocycles. The van der Waals surface area contributed by atoms with Crippen molar-refractivity contribution < 1.29 is 19.4 Å². The zero-order chi connectivity index (χ0) is 19.6. The second-order valence-electron chi connectivity index (χ2n) is 6.19. The number of amides is 1. The fraction of sp³-hybridized carbons (Fsp3) is 0.227. The lowest BCUT2D eigenvalue weighted by molar-refractivity contribution is 0.142. The Morgan fingerprint density at radius 3 is 2.41 bits per heavy atom. The van der Waals surface area contributed by atoms with E-state index in [0.29, 0.717) is 13.0 Å². The van der Waals surface area contributed by atoms with E-state index in [9.17, 15) is 9.90 Å². The number of aliphatic hydroxyl groups is 1. The zero-order valence-electron chi connectivity index (χ0n) is 15.4. The van der Waals surface area contributed by atoms with Crippen molar-refractivity contribution in [3.63, 3.8) is 0 Å². The Balaban J connectivity index is 1.95. The Morgan fingerprint density at radius 1 is 1.15 bits per heavy atom. The van der Waals surface area contributed by atoms with Gasteiger partial charge in [0, 0.05) is 0 Å². The van der Waals surface area contributed by atoms with Gasteiger partial charge in [-0.15, -0.1) is 6.58 Å². The molecule has 2 unspecified atom stereocenters. The molecule has 27 heavy (non-hydrogen) atoms. The Morgan fingerprint density at radius 2 is 1.81 bits per heavy atom. The number of carbonyl (C=O) groups excluding carboxylic acids is 1. The minimum Gasteiger partial charge on any atom is -0.489 e. The topological polar surface area (TPSA) is 67.8 Å². The van der Waals surface area contributed by atoms with Crippen molar-refractivity contribution in [3.8, 4) is 5.75 Å². The lowest BCUT2D eigenvalue weighted by Crippen LogP contribution is -2.44. The van der Waals surface area contributed by atoms with E-state index in [1.165, 1.54) is 6.08 Å². The molecule has 1 amide bonds. The average molecular weight is 367 g/mol. The first-order chi connectivity index (χ1) is 13.0. The Labute approximate surface area is 159 Å². The highest BCUT2D eigenvalue weighted by molar-refractivity contribution is 5.68. The van der Waals surface area contributed by atoms with Gasteiger partial charge in [-0.1, -0.05) is 55.1 Å². The Hall–Kier alpha value is -3.05. The molecule has 0 aliphatic heterocycles. The van der Waals surface area contributed by atoms with Gasteiger partial charge in [-0.2, -0.15) is 0 Å². The highest BCUT2D eigenvalue weighted by atomic mass is 16.6.